The van der Waals surface area contributed by atoms with E-state index in [0.717, 1.165) is 12.2 Å². The van der Waals surface area contributed by atoms with Gasteiger partial charge in [-0.1, -0.05) is 12.1 Å². The lowest BCUT2D eigenvalue weighted by Gasteiger charge is -2.47. The van der Waals surface area contributed by atoms with Crippen LogP contribution < -0.4 is 14.2 Å². The second-order valence-electron chi connectivity index (χ2n) is 16.1. The predicted octanol–water partition coefficient (Wildman–Crippen LogP) is -0.261. The molecule has 0 spiro atoms. The number of aromatic hydroxyl groups is 4. The van der Waals surface area contributed by atoms with Crippen LogP contribution in [0.25, 0.3) is 12.2 Å². The van der Waals surface area contributed by atoms with E-state index in [4.69, 9.17) is 52.1 Å². The molecule has 23 heteroatoms. The van der Waals surface area contributed by atoms with Gasteiger partial charge < -0.3 is 103 Å². The highest BCUT2D eigenvalue weighted by Gasteiger charge is 2.57. The van der Waals surface area contributed by atoms with Gasteiger partial charge in [0.05, 0.1) is 47.3 Å². The zero-order chi connectivity index (χ0) is 50.2. The van der Waals surface area contributed by atoms with Gasteiger partial charge in [0, 0.05) is 12.2 Å². The lowest BCUT2D eigenvalue weighted by molar-refractivity contribution is -0.378. The van der Waals surface area contributed by atoms with Crippen LogP contribution in [-0.4, -0.2) is 190 Å². The van der Waals surface area contributed by atoms with Crippen molar-refractivity contribution in [1.29, 1.82) is 0 Å². The van der Waals surface area contributed by atoms with E-state index in [1.54, 1.807) is 0 Å². The van der Waals surface area contributed by atoms with Gasteiger partial charge in [0.2, 0.25) is 5.75 Å². The predicted molar refractivity (Wildman–Crippen MR) is 233 cm³/mol. The smallest absolute Gasteiger partial charge is 0.331 e. The van der Waals surface area contributed by atoms with Crippen LogP contribution in [-0.2, 0) is 53.9 Å². The van der Waals surface area contributed by atoms with E-state index in [0.29, 0.717) is 16.7 Å². The summed E-state index contributed by atoms with van der Waals surface area (Å²) in [5, 5.41) is 107. The first-order chi connectivity index (χ1) is 32.9. The first-order valence-electron chi connectivity index (χ1n) is 21.4. The van der Waals surface area contributed by atoms with Gasteiger partial charge in [0.1, 0.15) is 55.4 Å². The zero-order valence-corrected chi connectivity index (χ0v) is 37.7. The number of phenolic OH excluding ortho intramolecular Hbond substituents is 4. The summed E-state index contributed by atoms with van der Waals surface area (Å²) in [6.07, 6.45) is -15.6. The highest BCUT2D eigenvalue weighted by atomic mass is 16.8. The Labute approximate surface area is 394 Å². The number of benzene rings is 3. The minimum atomic E-state index is -2.10. The monoisotopic (exact) mass is 976 g/mol. The summed E-state index contributed by atoms with van der Waals surface area (Å²) >= 11 is 0. The van der Waals surface area contributed by atoms with Crippen LogP contribution in [0.3, 0.4) is 0 Å². The number of esters is 2. The van der Waals surface area contributed by atoms with Crippen LogP contribution >= 0.6 is 0 Å². The first-order valence-corrected chi connectivity index (χ1v) is 21.4. The van der Waals surface area contributed by atoms with Gasteiger partial charge in [-0.15, -0.1) is 0 Å². The zero-order valence-electron chi connectivity index (χ0n) is 37.7. The molecule has 69 heavy (non-hydrogen) atoms. The van der Waals surface area contributed by atoms with E-state index in [9.17, 15) is 60.7 Å². The van der Waals surface area contributed by atoms with Gasteiger partial charge >= 0.3 is 11.9 Å². The van der Waals surface area contributed by atoms with Gasteiger partial charge in [0.15, 0.2) is 59.0 Å². The molecule has 3 aliphatic rings. The summed E-state index contributed by atoms with van der Waals surface area (Å²) in [6, 6.07) is 11.2. The first kappa shape index (κ1) is 52.6. The Morgan fingerprint density at radius 1 is 0.696 bits per heavy atom. The SMILES string of the molecule is COc1cc(/C=C/C(=O)O[C@@]2(CO)CO[C@@H](O[C@H]3[C@H](O[C@H]4[C@H](OCCc5ccc(O)c(O)c5)O[C@H](COC(=O)/C=C/c5cc(OC)c(O)c(OC)c5)[C@@H](O)[C@@H]4O)O[C@@H](C)[C@H](O)[C@H]3O)[C@@H]2O)ccc1O. The lowest BCUT2D eigenvalue weighted by atomic mass is 9.97. The topological polar surface area (TPSA) is 338 Å². The Morgan fingerprint density at radius 3 is 1.97 bits per heavy atom. The van der Waals surface area contributed by atoms with Crippen LogP contribution in [0.15, 0.2) is 60.7 Å². The largest absolute Gasteiger partial charge is 0.504 e. The Balaban J connectivity index is 1.17. The number of ether oxygens (including phenoxy) is 11. The number of hydrogen-bond acceptors (Lipinski definition) is 23. The third kappa shape index (κ3) is 12.3. The number of aliphatic hydroxyl groups is 6. The van der Waals surface area contributed by atoms with Crippen molar-refractivity contribution >= 4 is 24.1 Å². The number of methoxy groups -OCH3 is 3. The molecule has 3 fully saturated rings. The molecule has 0 amide bonds. The van der Waals surface area contributed by atoms with E-state index < -0.39 is 117 Å². The van der Waals surface area contributed by atoms with Crippen LogP contribution in [0.4, 0.5) is 0 Å². The number of aliphatic hydroxyl groups excluding tert-OH is 6. The molecule has 0 aromatic heterocycles. The maximum absolute atomic E-state index is 13.0. The van der Waals surface area contributed by atoms with Crippen LogP contribution in [0.5, 0.6) is 40.2 Å². The minimum Gasteiger partial charge on any atom is -0.504 e. The lowest BCUT2D eigenvalue weighted by Crippen LogP contribution is -2.65. The van der Waals surface area contributed by atoms with Gasteiger partial charge in [-0.25, -0.2) is 9.59 Å². The number of carbonyl (C=O) groups is 2. The molecule has 0 radical (unpaired) electrons. The molecule has 3 aliphatic heterocycles. The summed E-state index contributed by atoms with van der Waals surface area (Å²) < 4.78 is 61.7. The van der Waals surface area contributed by atoms with E-state index in [1.807, 2.05) is 0 Å². The van der Waals surface area contributed by atoms with E-state index in [1.165, 1.54) is 88.9 Å². The molecule has 0 bridgehead atoms. The van der Waals surface area contributed by atoms with E-state index >= 15 is 0 Å². The maximum Gasteiger partial charge on any atom is 0.331 e. The number of rotatable bonds is 19. The number of phenols is 4. The van der Waals surface area contributed by atoms with Crippen LogP contribution in [0.1, 0.15) is 23.6 Å². The molecule has 0 aliphatic carbocycles. The molecule has 10 N–H and O–H groups in total. The Hall–Kier alpha value is -5.80. The quantitative estimate of drug-likeness (QED) is 0.0420. The van der Waals surface area contributed by atoms with Gasteiger partial charge in [-0.3, -0.25) is 0 Å². The molecule has 3 heterocycles. The average Bonchev–Trinajstić information content (AvgIpc) is 3.64. The Kier molecular flexibility index (Phi) is 17.7. The molecule has 0 unspecified atom stereocenters. The fourth-order valence-electron chi connectivity index (χ4n) is 7.51. The third-order valence-corrected chi connectivity index (χ3v) is 11.5. The summed E-state index contributed by atoms with van der Waals surface area (Å²) in [6.45, 7) is -1.03. The highest BCUT2D eigenvalue weighted by molar-refractivity contribution is 5.88. The third-order valence-electron chi connectivity index (χ3n) is 11.5. The second-order valence-corrected chi connectivity index (χ2v) is 16.1. The summed E-state index contributed by atoms with van der Waals surface area (Å²) in [4.78, 5) is 25.8. The highest BCUT2D eigenvalue weighted by Crippen LogP contribution is 2.38. The van der Waals surface area contributed by atoms with Crippen molar-refractivity contribution in [2.45, 2.75) is 92.8 Å². The molecule has 6 rings (SSSR count). The van der Waals surface area contributed by atoms with Crippen molar-refractivity contribution in [2.75, 3.05) is 47.8 Å². The number of hydrogen-bond donors (Lipinski definition) is 10. The fourth-order valence-corrected chi connectivity index (χ4v) is 7.51. The van der Waals surface area contributed by atoms with Crippen molar-refractivity contribution < 1.29 is 113 Å². The maximum atomic E-state index is 13.0. The minimum absolute atomic E-state index is 0.0720. The second kappa shape index (κ2) is 23.2. The summed E-state index contributed by atoms with van der Waals surface area (Å²) in [5.74, 6) is -2.80. The summed E-state index contributed by atoms with van der Waals surface area (Å²) in [7, 11) is 4.00. The van der Waals surface area contributed by atoms with Crippen molar-refractivity contribution in [3.8, 4) is 40.2 Å². The van der Waals surface area contributed by atoms with Gasteiger partial charge in [0.25, 0.3) is 0 Å². The molecule has 3 aromatic carbocycles. The molecular weight excluding hydrogens is 920 g/mol. The molecule has 378 valence electrons. The molecule has 0 saturated carbocycles. The van der Waals surface area contributed by atoms with Crippen LogP contribution in [0, 0.1) is 0 Å². The van der Waals surface area contributed by atoms with Crippen LogP contribution in [0.2, 0.25) is 0 Å². The Bertz CT molecular complexity index is 2260. The Morgan fingerprint density at radius 2 is 1.30 bits per heavy atom. The van der Waals surface area contributed by atoms with Crippen molar-refractivity contribution in [3.63, 3.8) is 0 Å². The molecular formula is C46H56O23. The van der Waals surface area contributed by atoms with Crippen molar-refractivity contribution in [3.05, 3.63) is 77.4 Å². The fraction of sp³-hybridized carbons (Fsp3) is 0.478. The van der Waals surface area contributed by atoms with Gasteiger partial charge in [-0.2, -0.15) is 0 Å². The molecule has 3 saturated heterocycles. The van der Waals surface area contributed by atoms with Crippen molar-refractivity contribution in [1.82, 2.24) is 0 Å². The van der Waals surface area contributed by atoms with Gasteiger partial charge in [-0.05, 0) is 78.6 Å². The molecule has 13 atom stereocenters. The molecule has 23 nitrogen and oxygen atoms in total. The average molecular weight is 977 g/mol. The molecule has 3 aromatic rings. The summed E-state index contributed by atoms with van der Waals surface area (Å²) in [5.41, 5.74) is -0.782. The number of carbonyl (C=O) groups excluding carboxylic acids is 2. The van der Waals surface area contributed by atoms with Crippen molar-refractivity contribution in [2.24, 2.45) is 0 Å². The normalized spacial score (nSPS) is 30.3. The standard InChI is InChI=1S/C46H56O23/c1-22-35(53)38(56)41(68-45-42(58)46(20-47,21-64-45)69-34(52)12-7-23-6-10-27(49)29(16-23)59-2)44(65-22)67-40-39(57)37(55)32(66-43(40)62-14-13-24-5-9-26(48)28(50)15-24)19-63-33(51)11-8-25-17-30(60-3)36(54)31(18-25)61-4/h5-12,15-18,22,32,35,37-45,47-50,53-58H,13-14,19-21H2,1-4H3/b11-8+,12-7+/t22-,32+,35-,37+,38+,39-,40+,41+,42-,43+,44-,45-,46-/m0/s1. The van der Waals surface area contributed by atoms with E-state index in [2.05, 4.69) is 0 Å². The van der Waals surface area contributed by atoms with E-state index in [-0.39, 0.29) is 47.5 Å².